The number of hydrogen-bond acceptors (Lipinski definition) is 4. The Morgan fingerprint density at radius 3 is 2.21 bits per heavy atom. The highest BCUT2D eigenvalue weighted by Gasteiger charge is 2.41. The second-order valence-electron chi connectivity index (χ2n) is 8.21. The first kappa shape index (κ1) is 19.0. The fourth-order valence-corrected chi connectivity index (χ4v) is 3.87. The Morgan fingerprint density at radius 2 is 1.75 bits per heavy atom. The van der Waals surface area contributed by atoms with Gasteiger partial charge in [-0.05, 0) is 47.1 Å². The summed E-state index contributed by atoms with van der Waals surface area (Å²) < 4.78 is 6.00. The number of carboxylic acid groups (broad SMARTS) is 1. The maximum atomic E-state index is 12.6. The van der Waals surface area contributed by atoms with Gasteiger partial charge in [-0.1, -0.05) is 6.92 Å². The minimum absolute atomic E-state index is 0.0517. The number of carbonyl (C=O) groups is 2. The number of aliphatic carboxylic acids is 1. The van der Waals surface area contributed by atoms with E-state index in [2.05, 4.69) is 5.32 Å². The molecule has 24 heavy (non-hydrogen) atoms. The molecule has 0 spiro atoms. The van der Waals surface area contributed by atoms with Crippen LogP contribution < -0.4 is 5.32 Å². The van der Waals surface area contributed by atoms with E-state index in [1.807, 2.05) is 44.4 Å². The van der Waals surface area contributed by atoms with Gasteiger partial charge >= 0.3 is 12.0 Å². The van der Waals surface area contributed by atoms with Gasteiger partial charge in [0.1, 0.15) is 0 Å². The summed E-state index contributed by atoms with van der Waals surface area (Å²) in [6.45, 7) is 11.9. The summed E-state index contributed by atoms with van der Waals surface area (Å²) in [6, 6.07) is 0.317. The van der Waals surface area contributed by atoms with E-state index in [0.717, 1.165) is 12.8 Å². The van der Waals surface area contributed by atoms with E-state index in [1.165, 1.54) is 0 Å². The highest BCUT2D eigenvalue weighted by molar-refractivity contribution is 5.75. The molecule has 1 heterocycles. The van der Waals surface area contributed by atoms with Crippen LogP contribution in [0.5, 0.6) is 0 Å². The lowest BCUT2D eigenvalue weighted by Crippen LogP contribution is -2.63. The van der Waals surface area contributed by atoms with Crippen LogP contribution in [0.2, 0.25) is 0 Å². The summed E-state index contributed by atoms with van der Waals surface area (Å²) in [6.07, 6.45) is 1.62. The third kappa shape index (κ3) is 4.83. The quantitative estimate of drug-likeness (QED) is 0.792. The molecule has 7 nitrogen and oxygen atoms in total. The van der Waals surface area contributed by atoms with Crippen molar-refractivity contribution in [3.8, 4) is 0 Å². The zero-order valence-corrected chi connectivity index (χ0v) is 15.5. The monoisotopic (exact) mass is 341 g/mol. The van der Waals surface area contributed by atoms with Crippen LogP contribution in [0.1, 0.15) is 47.5 Å². The molecule has 138 valence electrons. The van der Waals surface area contributed by atoms with Crippen molar-refractivity contribution in [1.29, 1.82) is 0 Å². The summed E-state index contributed by atoms with van der Waals surface area (Å²) in [5, 5.41) is 12.0. The molecule has 0 radical (unpaired) electrons. The molecule has 2 amide bonds. The first-order chi connectivity index (χ1) is 11.0. The molecule has 0 aromatic carbocycles. The van der Waals surface area contributed by atoms with Gasteiger partial charge in [0.15, 0.2) is 0 Å². The van der Waals surface area contributed by atoms with E-state index in [1.54, 1.807) is 0 Å². The van der Waals surface area contributed by atoms with Crippen LogP contribution in [-0.4, -0.2) is 76.4 Å². The third-order valence-electron chi connectivity index (χ3n) is 4.68. The molecular weight excluding hydrogens is 310 g/mol. The van der Waals surface area contributed by atoms with Gasteiger partial charge in [-0.2, -0.15) is 0 Å². The number of nitrogens with one attached hydrogen (secondary N) is 1. The minimum atomic E-state index is -0.804. The normalized spacial score (nSPS) is 28.3. The molecule has 2 rings (SSSR count). The van der Waals surface area contributed by atoms with Crippen molar-refractivity contribution in [2.24, 2.45) is 0 Å². The number of amides is 2. The average Bonchev–Trinajstić information content (AvgIpc) is 2.36. The van der Waals surface area contributed by atoms with Gasteiger partial charge in [0.25, 0.3) is 0 Å². The zero-order chi connectivity index (χ0) is 18.1. The molecule has 0 atom stereocenters. The molecule has 1 saturated carbocycles. The van der Waals surface area contributed by atoms with Crippen LogP contribution >= 0.6 is 0 Å². The van der Waals surface area contributed by atoms with Crippen LogP contribution in [0.3, 0.4) is 0 Å². The van der Waals surface area contributed by atoms with Crippen LogP contribution in [0.25, 0.3) is 0 Å². The number of carbonyl (C=O) groups excluding carboxylic acids is 1. The van der Waals surface area contributed by atoms with Crippen LogP contribution in [-0.2, 0) is 9.53 Å². The molecule has 1 aliphatic carbocycles. The number of rotatable bonds is 5. The molecule has 2 N–H and O–H groups in total. The first-order valence-corrected chi connectivity index (χ1v) is 8.73. The van der Waals surface area contributed by atoms with Gasteiger partial charge in [-0.15, -0.1) is 0 Å². The number of ether oxygens (including phenoxy) is 1. The topological polar surface area (TPSA) is 82.1 Å². The molecule has 2 fully saturated rings. The fourth-order valence-electron chi connectivity index (χ4n) is 3.87. The molecule has 0 aromatic heterocycles. The minimum Gasteiger partial charge on any atom is -0.480 e. The van der Waals surface area contributed by atoms with E-state index in [4.69, 9.17) is 9.84 Å². The van der Waals surface area contributed by atoms with E-state index >= 15 is 0 Å². The first-order valence-electron chi connectivity index (χ1n) is 8.73. The number of morpholine rings is 1. The van der Waals surface area contributed by atoms with Crippen molar-refractivity contribution in [2.45, 2.75) is 70.7 Å². The maximum absolute atomic E-state index is 12.6. The van der Waals surface area contributed by atoms with Crippen molar-refractivity contribution < 1.29 is 19.4 Å². The van der Waals surface area contributed by atoms with Gasteiger partial charge < -0.3 is 20.1 Å². The Kier molecular flexibility index (Phi) is 5.44. The zero-order valence-electron chi connectivity index (χ0n) is 15.5. The lowest BCUT2D eigenvalue weighted by Gasteiger charge is -2.48. The van der Waals surface area contributed by atoms with Crippen LogP contribution in [0.15, 0.2) is 0 Å². The Hall–Kier alpha value is -1.34. The lowest BCUT2D eigenvalue weighted by molar-refractivity contribution is -0.170. The third-order valence-corrected chi connectivity index (χ3v) is 4.68. The average molecular weight is 341 g/mol. The van der Waals surface area contributed by atoms with E-state index in [0.29, 0.717) is 19.6 Å². The SMILES string of the molecule is CCN(CC(=O)O)C1CC(NC(=O)N2CC(C)(C)OC(C)(C)C2)C1. The Balaban J connectivity index is 1.83. The molecular formula is C17H31N3O4. The largest absolute Gasteiger partial charge is 0.480 e. The van der Waals surface area contributed by atoms with Crippen molar-refractivity contribution in [3.05, 3.63) is 0 Å². The highest BCUT2D eigenvalue weighted by atomic mass is 16.5. The van der Waals surface area contributed by atoms with E-state index in [9.17, 15) is 9.59 Å². The standard InChI is InChI=1S/C17H31N3O4/c1-6-19(9-14(21)22)13-7-12(8-13)18-15(23)20-10-16(2,3)24-17(4,5)11-20/h12-13H,6-11H2,1-5H3,(H,18,23)(H,21,22). The van der Waals surface area contributed by atoms with Crippen molar-refractivity contribution in [3.63, 3.8) is 0 Å². The number of hydrogen-bond donors (Lipinski definition) is 2. The van der Waals surface area contributed by atoms with Gasteiger partial charge in [0.2, 0.25) is 0 Å². The van der Waals surface area contributed by atoms with Gasteiger partial charge in [-0.3, -0.25) is 9.69 Å². The van der Waals surface area contributed by atoms with Gasteiger partial charge in [0, 0.05) is 12.1 Å². The molecule has 2 aliphatic rings. The Morgan fingerprint density at radius 1 is 1.21 bits per heavy atom. The number of nitrogens with zero attached hydrogens (tertiary/aromatic N) is 2. The van der Waals surface area contributed by atoms with Gasteiger partial charge in [0.05, 0.1) is 30.8 Å². The molecule has 7 heteroatoms. The summed E-state index contributed by atoms with van der Waals surface area (Å²) >= 11 is 0. The van der Waals surface area contributed by atoms with Gasteiger partial charge in [-0.25, -0.2) is 4.79 Å². The van der Waals surface area contributed by atoms with Crippen molar-refractivity contribution in [2.75, 3.05) is 26.2 Å². The van der Waals surface area contributed by atoms with Crippen LogP contribution in [0, 0.1) is 0 Å². The van der Waals surface area contributed by atoms with E-state index < -0.39 is 5.97 Å². The molecule has 0 aromatic rings. The molecule has 0 bridgehead atoms. The smallest absolute Gasteiger partial charge is 0.317 e. The molecule has 1 aliphatic heterocycles. The highest BCUT2D eigenvalue weighted by Crippen LogP contribution is 2.29. The Labute approximate surface area is 144 Å². The lowest BCUT2D eigenvalue weighted by atomic mass is 9.85. The predicted molar refractivity (Wildman–Crippen MR) is 91.0 cm³/mol. The van der Waals surface area contributed by atoms with Crippen molar-refractivity contribution in [1.82, 2.24) is 15.1 Å². The summed E-state index contributed by atoms with van der Waals surface area (Å²) in [4.78, 5) is 27.2. The summed E-state index contributed by atoms with van der Waals surface area (Å²) in [5.74, 6) is -0.804. The molecule has 1 saturated heterocycles. The number of urea groups is 1. The number of likely N-dealkylation sites (N-methyl/N-ethyl adjacent to an activating group) is 1. The summed E-state index contributed by atoms with van der Waals surface area (Å²) in [5.41, 5.74) is -0.719. The predicted octanol–water partition coefficient (Wildman–Crippen LogP) is 1.52. The second-order valence-corrected chi connectivity index (χ2v) is 8.21. The Bertz CT molecular complexity index is 470. The summed E-state index contributed by atoms with van der Waals surface area (Å²) in [7, 11) is 0. The van der Waals surface area contributed by atoms with Crippen LogP contribution in [0.4, 0.5) is 4.79 Å². The second kappa shape index (κ2) is 6.88. The van der Waals surface area contributed by atoms with Crippen molar-refractivity contribution >= 4 is 12.0 Å². The fraction of sp³-hybridized carbons (Fsp3) is 0.882. The number of carboxylic acids is 1. The molecule has 0 unspecified atom stereocenters. The van der Waals surface area contributed by atoms with E-state index in [-0.39, 0.29) is 35.9 Å². The maximum Gasteiger partial charge on any atom is 0.317 e.